The number of carbonyl (C=O) groups excluding carboxylic acids is 2. The number of esters is 1. The van der Waals surface area contributed by atoms with Crippen molar-refractivity contribution >= 4 is 11.8 Å². The van der Waals surface area contributed by atoms with E-state index in [-0.39, 0.29) is 12.4 Å². The van der Waals surface area contributed by atoms with E-state index in [0.29, 0.717) is 24.3 Å². The average Bonchev–Trinajstić information content (AvgIpc) is 2.59. The smallest absolute Gasteiger partial charge is 0.344 e. The number of aryl methyl sites for hydroxylation is 1. The lowest BCUT2D eigenvalue weighted by atomic mass is 10.0. The van der Waals surface area contributed by atoms with Gasteiger partial charge in [-0.3, -0.25) is 4.79 Å². The van der Waals surface area contributed by atoms with E-state index in [1.165, 1.54) is 0 Å². The van der Waals surface area contributed by atoms with E-state index in [1.54, 1.807) is 13.0 Å². The molecule has 0 aromatic heterocycles. The Labute approximate surface area is 112 Å². The molecular formula is C15H18O4. The minimum Gasteiger partial charge on any atom is -0.481 e. The Bertz CT molecular complexity index is 479. The van der Waals surface area contributed by atoms with E-state index >= 15 is 0 Å². The summed E-state index contributed by atoms with van der Waals surface area (Å²) in [4.78, 5) is 23.4. The van der Waals surface area contributed by atoms with Gasteiger partial charge < -0.3 is 9.47 Å². The maximum absolute atomic E-state index is 12.1. The topological polar surface area (TPSA) is 52.6 Å². The first-order chi connectivity index (χ1) is 9.22. The van der Waals surface area contributed by atoms with Crippen LogP contribution >= 0.6 is 0 Å². The van der Waals surface area contributed by atoms with E-state index in [4.69, 9.17) is 9.47 Å². The normalized spacial score (nSPS) is 14.5. The molecule has 2 rings (SSSR count). The summed E-state index contributed by atoms with van der Waals surface area (Å²) in [6, 6.07) is 5.55. The second kappa shape index (κ2) is 6.36. The van der Waals surface area contributed by atoms with Crippen LogP contribution in [0.5, 0.6) is 5.75 Å². The predicted octanol–water partition coefficient (Wildman–Crippen LogP) is 2.54. The van der Waals surface area contributed by atoms with Gasteiger partial charge in [0.25, 0.3) is 0 Å². The maximum Gasteiger partial charge on any atom is 0.344 e. The lowest BCUT2D eigenvalue weighted by Gasteiger charge is -2.12. The molecule has 0 N–H and O–H groups in total. The number of carbonyl (C=O) groups is 2. The van der Waals surface area contributed by atoms with E-state index in [0.717, 1.165) is 24.8 Å². The molecule has 1 aliphatic carbocycles. The summed E-state index contributed by atoms with van der Waals surface area (Å²) < 4.78 is 10.3. The van der Waals surface area contributed by atoms with Gasteiger partial charge in [0.1, 0.15) is 5.75 Å². The molecule has 0 atom stereocenters. The summed E-state index contributed by atoms with van der Waals surface area (Å²) in [5.74, 6) is 0.186. The van der Waals surface area contributed by atoms with E-state index in [9.17, 15) is 9.59 Å². The highest BCUT2D eigenvalue weighted by Gasteiger charge is 2.20. The molecule has 1 aliphatic rings. The molecule has 0 unspecified atom stereocenters. The van der Waals surface area contributed by atoms with Crippen LogP contribution in [-0.4, -0.2) is 25.0 Å². The molecule has 1 aromatic carbocycles. The Kier molecular flexibility index (Phi) is 4.55. The summed E-state index contributed by atoms with van der Waals surface area (Å²) in [7, 11) is 0. The Morgan fingerprint density at radius 2 is 2.05 bits per heavy atom. The SMILES string of the molecule is CCOC(=O)COc1cccc2c1C(=O)CCCC2. The first-order valence-electron chi connectivity index (χ1n) is 6.66. The van der Waals surface area contributed by atoms with Crippen LogP contribution < -0.4 is 4.74 Å². The summed E-state index contributed by atoms with van der Waals surface area (Å²) in [6.07, 6.45) is 3.36. The number of Topliss-reactive ketones (excluding diaryl/α,β-unsaturated/α-hetero) is 1. The zero-order chi connectivity index (χ0) is 13.7. The van der Waals surface area contributed by atoms with Crippen molar-refractivity contribution in [3.63, 3.8) is 0 Å². The van der Waals surface area contributed by atoms with Gasteiger partial charge in [-0.1, -0.05) is 12.1 Å². The fraction of sp³-hybridized carbons (Fsp3) is 0.467. The molecule has 19 heavy (non-hydrogen) atoms. The lowest BCUT2D eigenvalue weighted by molar-refractivity contribution is -0.145. The number of benzene rings is 1. The van der Waals surface area contributed by atoms with Crippen LogP contribution in [0.2, 0.25) is 0 Å². The van der Waals surface area contributed by atoms with Crippen LogP contribution in [0.4, 0.5) is 0 Å². The predicted molar refractivity (Wildman–Crippen MR) is 70.5 cm³/mol. The molecule has 0 spiro atoms. The highest BCUT2D eigenvalue weighted by molar-refractivity contribution is 6.00. The fourth-order valence-electron chi connectivity index (χ4n) is 2.29. The Morgan fingerprint density at radius 3 is 2.84 bits per heavy atom. The number of fused-ring (bicyclic) bond motifs is 1. The van der Waals surface area contributed by atoms with Crippen molar-refractivity contribution in [2.45, 2.75) is 32.6 Å². The third kappa shape index (κ3) is 3.34. The van der Waals surface area contributed by atoms with Crippen LogP contribution in [0.3, 0.4) is 0 Å². The van der Waals surface area contributed by atoms with Crippen molar-refractivity contribution < 1.29 is 19.1 Å². The highest BCUT2D eigenvalue weighted by Crippen LogP contribution is 2.28. The molecule has 4 heteroatoms. The first-order valence-corrected chi connectivity index (χ1v) is 6.66. The van der Waals surface area contributed by atoms with Crippen LogP contribution in [-0.2, 0) is 16.0 Å². The molecule has 4 nitrogen and oxygen atoms in total. The van der Waals surface area contributed by atoms with Crippen molar-refractivity contribution in [2.75, 3.05) is 13.2 Å². The number of ketones is 1. The molecule has 0 aliphatic heterocycles. The fourth-order valence-corrected chi connectivity index (χ4v) is 2.29. The molecule has 0 heterocycles. The van der Waals surface area contributed by atoms with Crippen LogP contribution in [0.1, 0.15) is 42.1 Å². The van der Waals surface area contributed by atoms with E-state index in [1.807, 2.05) is 12.1 Å². The second-order valence-electron chi connectivity index (χ2n) is 4.51. The Balaban J connectivity index is 2.17. The third-order valence-electron chi connectivity index (χ3n) is 3.14. The van der Waals surface area contributed by atoms with Gasteiger partial charge in [0, 0.05) is 6.42 Å². The molecule has 0 fully saturated rings. The van der Waals surface area contributed by atoms with Gasteiger partial charge in [-0.15, -0.1) is 0 Å². The van der Waals surface area contributed by atoms with Crippen molar-refractivity contribution in [2.24, 2.45) is 0 Å². The van der Waals surface area contributed by atoms with Crippen molar-refractivity contribution in [1.82, 2.24) is 0 Å². The average molecular weight is 262 g/mol. The quantitative estimate of drug-likeness (QED) is 0.618. The van der Waals surface area contributed by atoms with Gasteiger partial charge in [-0.05, 0) is 37.8 Å². The minimum atomic E-state index is -0.416. The summed E-state index contributed by atoms with van der Waals surface area (Å²) in [5, 5.41) is 0. The zero-order valence-electron chi connectivity index (χ0n) is 11.1. The number of ether oxygens (including phenoxy) is 2. The standard InChI is InChI=1S/C15H18O4/c1-2-18-14(17)10-19-13-9-5-7-11-6-3-4-8-12(16)15(11)13/h5,7,9H,2-4,6,8,10H2,1H3. The van der Waals surface area contributed by atoms with Gasteiger partial charge >= 0.3 is 5.97 Å². The molecular weight excluding hydrogens is 244 g/mol. The Morgan fingerprint density at radius 1 is 1.26 bits per heavy atom. The molecule has 1 aromatic rings. The minimum absolute atomic E-state index is 0.104. The lowest BCUT2D eigenvalue weighted by Crippen LogP contribution is -2.16. The second-order valence-corrected chi connectivity index (χ2v) is 4.51. The third-order valence-corrected chi connectivity index (χ3v) is 3.14. The van der Waals surface area contributed by atoms with Crippen molar-refractivity contribution in [1.29, 1.82) is 0 Å². The van der Waals surface area contributed by atoms with Gasteiger partial charge in [0.15, 0.2) is 12.4 Å². The summed E-state index contributed by atoms with van der Waals surface area (Å²) in [5.41, 5.74) is 1.66. The van der Waals surface area contributed by atoms with Crippen LogP contribution in [0.25, 0.3) is 0 Å². The highest BCUT2D eigenvalue weighted by atomic mass is 16.6. The van der Waals surface area contributed by atoms with E-state index in [2.05, 4.69) is 0 Å². The Hall–Kier alpha value is -1.84. The van der Waals surface area contributed by atoms with Crippen LogP contribution in [0, 0.1) is 0 Å². The number of hydrogen-bond acceptors (Lipinski definition) is 4. The van der Waals surface area contributed by atoms with Gasteiger partial charge in [0.05, 0.1) is 12.2 Å². The number of rotatable bonds is 4. The molecule has 0 bridgehead atoms. The molecule has 0 saturated carbocycles. The molecule has 0 radical (unpaired) electrons. The van der Waals surface area contributed by atoms with Crippen molar-refractivity contribution in [3.8, 4) is 5.75 Å². The van der Waals surface area contributed by atoms with Crippen LogP contribution in [0.15, 0.2) is 18.2 Å². The van der Waals surface area contributed by atoms with E-state index < -0.39 is 5.97 Å². The summed E-state index contributed by atoms with van der Waals surface area (Å²) in [6.45, 7) is 1.92. The first kappa shape index (κ1) is 13.6. The maximum atomic E-state index is 12.1. The zero-order valence-corrected chi connectivity index (χ0v) is 11.1. The monoisotopic (exact) mass is 262 g/mol. The molecule has 0 amide bonds. The number of hydrogen-bond donors (Lipinski definition) is 0. The van der Waals surface area contributed by atoms with Crippen molar-refractivity contribution in [3.05, 3.63) is 29.3 Å². The van der Waals surface area contributed by atoms with Gasteiger partial charge in [0.2, 0.25) is 0 Å². The largest absolute Gasteiger partial charge is 0.481 e. The molecule has 0 saturated heterocycles. The van der Waals surface area contributed by atoms with Gasteiger partial charge in [-0.25, -0.2) is 4.79 Å². The molecule has 102 valence electrons. The summed E-state index contributed by atoms with van der Waals surface area (Å²) >= 11 is 0. The van der Waals surface area contributed by atoms with Gasteiger partial charge in [-0.2, -0.15) is 0 Å².